The summed E-state index contributed by atoms with van der Waals surface area (Å²) in [6, 6.07) is 11.2. The predicted octanol–water partition coefficient (Wildman–Crippen LogP) is 5.61. The number of aromatic nitrogens is 1. The number of nitrogens with zero attached hydrogens (tertiary/aromatic N) is 2. The Morgan fingerprint density at radius 2 is 1.81 bits per heavy atom. The monoisotopic (exact) mass is 420 g/mol. The van der Waals surface area contributed by atoms with Gasteiger partial charge < -0.3 is 9.30 Å². The molecule has 1 atom stereocenters. The Labute approximate surface area is 185 Å². The van der Waals surface area contributed by atoms with Crippen molar-refractivity contribution in [3.8, 4) is 6.07 Å². The summed E-state index contributed by atoms with van der Waals surface area (Å²) in [5.41, 5.74) is 4.40. The number of carbonyl (C=O) groups is 2. The lowest BCUT2D eigenvalue weighted by Gasteiger charge is -2.12. The molecular formula is C26H32N2O3. The molecule has 0 aliphatic carbocycles. The number of esters is 1. The molecule has 0 radical (unpaired) electrons. The van der Waals surface area contributed by atoms with Crippen LogP contribution < -0.4 is 0 Å². The number of carbonyl (C=O) groups excluding carboxylic acids is 2. The number of ether oxygens (including phenoxy) is 1. The molecule has 0 N–H and O–H groups in total. The van der Waals surface area contributed by atoms with Crippen molar-refractivity contribution < 1.29 is 14.3 Å². The van der Waals surface area contributed by atoms with Gasteiger partial charge in [0.2, 0.25) is 0 Å². The summed E-state index contributed by atoms with van der Waals surface area (Å²) in [5, 5.41) is 9.45. The Balaban J connectivity index is 2.08. The van der Waals surface area contributed by atoms with Gasteiger partial charge in [-0.15, -0.1) is 0 Å². The van der Waals surface area contributed by atoms with Gasteiger partial charge in [-0.25, -0.2) is 4.79 Å². The van der Waals surface area contributed by atoms with Crippen LogP contribution in [0, 0.1) is 31.1 Å². The van der Waals surface area contributed by atoms with E-state index >= 15 is 0 Å². The molecule has 0 saturated heterocycles. The minimum Gasteiger partial charge on any atom is -0.453 e. The molecule has 0 saturated carbocycles. The molecule has 0 fully saturated rings. The van der Waals surface area contributed by atoms with Crippen molar-refractivity contribution in [2.45, 2.75) is 60.4 Å². The number of nitriles is 1. The van der Waals surface area contributed by atoms with Crippen molar-refractivity contribution in [3.05, 3.63) is 64.0 Å². The van der Waals surface area contributed by atoms with E-state index in [0.29, 0.717) is 17.4 Å². The van der Waals surface area contributed by atoms with Crippen molar-refractivity contribution in [1.29, 1.82) is 5.26 Å². The first kappa shape index (κ1) is 24.1. The van der Waals surface area contributed by atoms with Gasteiger partial charge in [0.05, 0.1) is 0 Å². The van der Waals surface area contributed by atoms with Gasteiger partial charge >= 0.3 is 5.97 Å². The third-order valence-corrected chi connectivity index (χ3v) is 5.55. The SMILES string of the molecule is CC[C@H](C)c1ccc(C(=O)COC(=O)/C(C#N)=C/c2cc(C)n(CC(C)C)c2C)cc1. The van der Waals surface area contributed by atoms with Gasteiger partial charge in [0.25, 0.3) is 0 Å². The number of hydrogen-bond donors (Lipinski definition) is 0. The van der Waals surface area contributed by atoms with Gasteiger partial charge in [-0.2, -0.15) is 5.26 Å². The van der Waals surface area contributed by atoms with Crippen LogP contribution in [0.2, 0.25) is 0 Å². The van der Waals surface area contributed by atoms with Gasteiger partial charge in [-0.1, -0.05) is 52.0 Å². The van der Waals surface area contributed by atoms with E-state index < -0.39 is 12.6 Å². The maximum absolute atomic E-state index is 12.4. The van der Waals surface area contributed by atoms with Gasteiger partial charge in [-0.3, -0.25) is 4.79 Å². The fraction of sp³-hybridized carbons (Fsp3) is 0.423. The van der Waals surface area contributed by atoms with Crippen LogP contribution in [-0.2, 0) is 16.1 Å². The minimum atomic E-state index is -0.791. The molecule has 0 aliphatic rings. The predicted molar refractivity (Wildman–Crippen MR) is 123 cm³/mol. The molecular weight excluding hydrogens is 388 g/mol. The number of benzene rings is 1. The van der Waals surface area contributed by atoms with Crippen LogP contribution in [0.3, 0.4) is 0 Å². The van der Waals surface area contributed by atoms with E-state index in [-0.39, 0.29) is 11.4 Å². The van der Waals surface area contributed by atoms with Gasteiger partial charge in [-0.05, 0) is 55.4 Å². The minimum absolute atomic E-state index is 0.121. The first-order valence-electron chi connectivity index (χ1n) is 10.8. The number of rotatable bonds is 9. The largest absolute Gasteiger partial charge is 0.453 e. The highest BCUT2D eigenvalue weighted by Crippen LogP contribution is 2.21. The third kappa shape index (κ3) is 6.18. The Kier molecular flexibility index (Phi) is 8.38. The first-order valence-corrected chi connectivity index (χ1v) is 10.8. The Morgan fingerprint density at radius 3 is 2.35 bits per heavy atom. The van der Waals surface area contributed by atoms with Crippen molar-refractivity contribution >= 4 is 17.8 Å². The molecule has 1 heterocycles. The molecule has 5 nitrogen and oxygen atoms in total. The molecule has 1 aromatic heterocycles. The zero-order valence-electron chi connectivity index (χ0n) is 19.4. The summed E-state index contributed by atoms with van der Waals surface area (Å²) in [6.07, 6.45) is 2.56. The highest BCUT2D eigenvalue weighted by atomic mass is 16.5. The van der Waals surface area contributed by atoms with Crippen LogP contribution >= 0.6 is 0 Å². The highest BCUT2D eigenvalue weighted by molar-refractivity contribution is 6.02. The summed E-state index contributed by atoms with van der Waals surface area (Å²) in [6.45, 7) is 13.0. The fourth-order valence-electron chi connectivity index (χ4n) is 3.44. The molecule has 0 amide bonds. The third-order valence-electron chi connectivity index (χ3n) is 5.55. The number of Topliss-reactive ketones (excluding diaryl/α,β-unsaturated/α-hetero) is 1. The number of aryl methyl sites for hydroxylation is 1. The second-order valence-corrected chi connectivity index (χ2v) is 8.43. The number of ketones is 1. The highest BCUT2D eigenvalue weighted by Gasteiger charge is 2.17. The molecule has 5 heteroatoms. The number of hydrogen-bond acceptors (Lipinski definition) is 4. The Bertz CT molecular complexity index is 1000. The van der Waals surface area contributed by atoms with E-state index in [1.807, 2.05) is 38.1 Å². The molecule has 2 rings (SSSR count). The molecule has 0 bridgehead atoms. The fourth-order valence-corrected chi connectivity index (χ4v) is 3.44. The van der Waals surface area contributed by atoms with Crippen molar-refractivity contribution in [1.82, 2.24) is 4.57 Å². The lowest BCUT2D eigenvalue weighted by molar-refractivity contribution is -0.137. The lowest BCUT2D eigenvalue weighted by atomic mass is 9.97. The second-order valence-electron chi connectivity index (χ2n) is 8.43. The summed E-state index contributed by atoms with van der Waals surface area (Å²) in [7, 11) is 0. The van der Waals surface area contributed by atoms with E-state index in [1.165, 1.54) is 11.6 Å². The zero-order valence-corrected chi connectivity index (χ0v) is 19.4. The molecule has 2 aromatic rings. The first-order chi connectivity index (χ1) is 14.7. The van der Waals surface area contributed by atoms with E-state index in [2.05, 4.69) is 32.3 Å². The maximum atomic E-state index is 12.4. The summed E-state index contributed by atoms with van der Waals surface area (Å²) >= 11 is 0. The quantitative estimate of drug-likeness (QED) is 0.229. The Hall–Kier alpha value is -3.13. The van der Waals surface area contributed by atoms with Crippen molar-refractivity contribution in [3.63, 3.8) is 0 Å². The standard InChI is InChI=1S/C26H32N2O3/c1-7-18(4)21-8-10-22(11-9-21)25(29)16-31-26(30)24(14-27)13-23-12-19(5)28(20(23)6)15-17(2)3/h8-13,17-18H,7,15-16H2,1-6H3/b24-13+/t18-/m0/s1. The summed E-state index contributed by atoms with van der Waals surface area (Å²) in [5.74, 6) is -0.183. The second kappa shape index (κ2) is 10.8. The van der Waals surface area contributed by atoms with E-state index in [4.69, 9.17) is 4.74 Å². The Morgan fingerprint density at radius 1 is 1.16 bits per heavy atom. The molecule has 0 unspecified atom stereocenters. The van der Waals surface area contributed by atoms with Crippen LogP contribution in [0.25, 0.3) is 6.08 Å². The van der Waals surface area contributed by atoms with E-state index in [0.717, 1.165) is 29.9 Å². The average molecular weight is 421 g/mol. The maximum Gasteiger partial charge on any atom is 0.349 e. The van der Waals surface area contributed by atoms with Crippen LogP contribution in [0.4, 0.5) is 0 Å². The topological polar surface area (TPSA) is 72.1 Å². The van der Waals surface area contributed by atoms with Crippen molar-refractivity contribution in [2.24, 2.45) is 5.92 Å². The average Bonchev–Trinajstić information content (AvgIpc) is 3.01. The normalized spacial score (nSPS) is 12.5. The molecule has 0 aliphatic heterocycles. The summed E-state index contributed by atoms with van der Waals surface area (Å²) in [4.78, 5) is 24.8. The summed E-state index contributed by atoms with van der Waals surface area (Å²) < 4.78 is 7.31. The molecule has 31 heavy (non-hydrogen) atoms. The van der Waals surface area contributed by atoms with E-state index in [1.54, 1.807) is 12.1 Å². The smallest absolute Gasteiger partial charge is 0.349 e. The molecule has 0 spiro atoms. The molecule has 164 valence electrons. The van der Waals surface area contributed by atoms with E-state index in [9.17, 15) is 14.9 Å². The van der Waals surface area contributed by atoms with Gasteiger partial charge in [0.15, 0.2) is 12.4 Å². The van der Waals surface area contributed by atoms with Gasteiger partial charge in [0.1, 0.15) is 11.6 Å². The van der Waals surface area contributed by atoms with Crippen LogP contribution in [0.15, 0.2) is 35.9 Å². The van der Waals surface area contributed by atoms with Crippen molar-refractivity contribution in [2.75, 3.05) is 6.61 Å². The van der Waals surface area contributed by atoms with Crippen LogP contribution in [0.1, 0.15) is 72.9 Å². The molecule has 1 aromatic carbocycles. The zero-order chi connectivity index (χ0) is 23.1. The van der Waals surface area contributed by atoms with Crippen LogP contribution in [-0.4, -0.2) is 22.9 Å². The van der Waals surface area contributed by atoms with Gasteiger partial charge in [0, 0.05) is 23.5 Å². The lowest BCUT2D eigenvalue weighted by Crippen LogP contribution is -2.15. The van der Waals surface area contributed by atoms with Crippen LogP contribution in [0.5, 0.6) is 0 Å².